The van der Waals surface area contributed by atoms with Gasteiger partial charge in [-0.15, -0.1) is 0 Å². The zero-order valence-electron chi connectivity index (χ0n) is 24.1. The number of carbonyl (C=O) groups excluding carboxylic acids is 4. The van der Waals surface area contributed by atoms with E-state index in [1.807, 2.05) is 54.6 Å². The van der Waals surface area contributed by atoms with E-state index in [2.05, 4.69) is 34.8 Å². The number of fused-ring (bicyclic) bond motifs is 1. The molecule has 0 radical (unpaired) electrons. The first-order valence-electron chi connectivity index (χ1n) is 14.6. The van der Waals surface area contributed by atoms with Gasteiger partial charge in [0.2, 0.25) is 11.8 Å². The summed E-state index contributed by atoms with van der Waals surface area (Å²) in [5.41, 5.74) is 1.89. The van der Waals surface area contributed by atoms with E-state index in [1.54, 1.807) is 11.0 Å². The molecule has 2 fully saturated rings. The molecule has 1 aromatic heterocycles. The van der Waals surface area contributed by atoms with Gasteiger partial charge in [0.05, 0.1) is 6.04 Å². The van der Waals surface area contributed by atoms with E-state index >= 15 is 0 Å². The molecule has 4 atom stereocenters. The molecule has 42 heavy (non-hydrogen) atoms. The van der Waals surface area contributed by atoms with Crippen molar-refractivity contribution in [1.82, 2.24) is 25.8 Å². The van der Waals surface area contributed by atoms with Crippen molar-refractivity contribution in [2.45, 2.75) is 64.3 Å². The van der Waals surface area contributed by atoms with Crippen LogP contribution in [0.2, 0.25) is 0 Å². The Balaban J connectivity index is 1.35. The Morgan fingerprint density at radius 2 is 1.83 bits per heavy atom. The number of aromatic nitrogens is 1. The van der Waals surface area contributed by atoms with E-state index in [1.165, 1.54) is 0 Å². The summed E-state index contributed by atoms with van der Waals surface area (Å²) < 4.78 is 0. The Kier molecular flexibility index (Phi) is 8.63. The van der Waals surface area contributed by atoms with Crippen molar-refractivity contribution >= 4 is 34.5 Å². The summed E-state index contributed by atoms with van der Waals surface area (Å²) in [4.78, 5) is 57.8. The SMILES string of the molecule is CC1(C)CCN(C(=O)c2cc3ccccc3[nH]2)[C@H](C(=O)N[C@@H](C[C@@H]2CCNC2=O)C(O)C(=O)NCc2ccccc2)C1. The fourth-order valence-electron chi connectivity index (χ4n) is 5.93. The molecule has 0 saturated carbocycles. The number of aliphatic hydroxyl groups excluding tert-OH is 1. The molecule has 3 heterocycles. The number of aromatic amines is 1. The summed E-state index contributed by atoms with van der Waals surface area (Å²) in [6, 6.07) is 16.9. The molecule has 10 nitrogen and oxygen atoms in total. The lowest BCUT2D eigenvalue weighted by atomic mass is 9.78. The van der Waals surface area contributed by atoms with Gasteiger partial charge in [-0.1, -0.05) is 62.4 Å². The average Bonchev–Trinajstić information content (AvgIpc) is 3.60. The van der Waals surface area contributed by atoms with Crippen LogP contribution in [0.4, 0.5) is 0 Å². The highest BCUT2D eigenvalue weighted by Crippen LogP contribution is 2.35. The van der Waals surface area contributed by atoms with Gasteiger partial charge in [0.15, 0.2) is 6.10 Å². The van der Waals surface area contributed by atoms with E-state index in [0.717, 1.165) is 22.9 Å². The molecule has 2 saturated heterocycles. The molecular weight excluding hydrogens is 534 g/mol. The van der Waals surface area contributed by atoms with Crippen molar-refractivity contribution in [3.63, 3.8) is 0 Å². The Hall–Kier alpha value is -4.18. The first-order chi connectivity index (χ1) is 20.1. The van der Waals surface area contributed by atoms with Crippen LogP contribution in [0.3, 0.4) is 0 Å². The second kappa shape index (κ2) is 12.4. The largest absolute Gasteiger partial charge is 0.381 e. The summed E-state index contributed by atoms with van der Waals surface area (Å²) in [5, 5.41) is 20.4. The van der Waals surface area contributed by atoms with Gasteiger partial charge < -0.3 is 30.9 Å². The number of rotatable bonds is 9. The van der Waals surface area contributed by atoms with Gasteiger partial charge in [-0.2, -0.15) is 0 Å². The maximum Gasteiger partial charge on any atom is 0.270 e. The van der Waals surface area contributed by atoms with Gasteiger partial charge in [0.25, 0.3) is 11.8 Å². The van der Waals surface area contributed by atoms with Gasteiger partial charge in [-0.25, -0.2) is 0 Å². The highest BCUT2D eigenvalue weighted by Gasteiger charge is 2.42. The predicted molar refractivity (Wildman–Crippen MR) is 158 cm³/mol. The molecule has 2 aliphatic rings. The zero-order chi connectivity index (χ0) is 29.9. The highest BCUT2D eigenvalue weighted by atomic mass is 16.3. The normalized spacial score (nSPS) is 21.4. The minimum absolute atomic E-state index is 0.101. The topological polar surface area (TPSA) is 144 Å². The molecule has 222 valence electrons. The lowest BCUT2D eigenvalue weighted by Crippen LogP contribution is -2.59. The number of aliphatic hydroxyl groups is 1. The number of nitrogens with one attached hydrogen (secondary N) is 4. The van der Waals surface area contributed by atoms with Gasteiger partial charge >= 0.3 is 0 Å². The molecule has 10 heteroatoms. The third kappa shape index (κ3) is 6.65. The fourth-order valence-corrected chi connectivity index (χ4v) is 5.93. The molecule has 5 N–H and O–H groups in total. The van der Waals surface area contributed by atoms with Crippen molar-refractivity contribution in [1.29, 1.82) is 0 Å². The van der Waals surface area contributed by atoms with Crippen LogP contribution >= 0.6 is 0 Å². The lowest BCUT2D eigenvalue weighted by Gasteiger charge is -2.43. The Morgan fingerprint density at radius 3 is 2.55 bits per heavy atom. The number of amides is 4. The fraction of sp³-hybridized carbons (Fsp3) is 0.438. The second-order valence-electron chi connectivity index (χ2n) is 12.2. The molecule has 0 bridgehead atoms. The molecule has 2 aliphatic heterocycles. The quantitative estimate of drug-likeness (QED) is 0.267. The summed E-state index contributed by atoms with van der Waals surface area (Å²) >= 11 is 0. The third-order valence-electron chi connectivity index (χ3n) is 8.46. The molecule has 4 amide bonds. The first-order valence-corrected chi connectivity index (χ1v) is 14.6. The van der Waals surface area contributed by atoms with E-state index in [-0.39, 0.29) is 30.2 Å². The summed E-state index contributed by atoms with van der Waals surface area (Å²) in [6.45, 7) is 5.22. The smallest absolute Gasteiger partial charge is 0.270 e. The molecular formula is C32H39N5O5. The monoisotopic (exact) mass is 573 g/mol. The van der Waals surface area contributed by atoms with E-state index < -0.39 is 35.9 Å². The zero-order valence-corrected chi connectivity index (χ0v) is 24.1. The van der Waals surface area contributed by atoms with Crippen LogP contribution in [0.25, 0.3) is 10.9 Å². The van der Waals surface area contributed by atoms with Crippen molar-refractivity contribution < 1.29 is 24.3 Å². The number of nitrogens with zero attached hydrogens (tertiary/aromatic N) is 1. The average molecular weight is 574 g/mol. The van der Waals surface area contributed by atoms with Crippen LogP contribution in [0.15, 0.2) is 60.7 Å². The number of hydrogen-bond acceptors (Lipinski definition) is 5. The number of hydrogen-bond donors (Lipinski definition) is 5. The van der Waals surface area contributed by atoms with E-state index in [0.29, 0.717) is 31.6 Å². The van der Waals surface area contributed by atoms with E-state index in [4.69, 9.17) is 0 Å². The number of para-hydroxylation sites is 1. The molecule has 5 rings (SSSR count). The Morgan fingerprint density at radius 1 is 1.10 bits per heavy atom. The van der Waals surface area contributed by atoms with Crippen molar-refractivity contribution in [2.24, 2.45) is 11.3 Å². The van der Waals surface area contributed by atoms with Crippen LogP contribution in [-0.4, -0.2) is 69.9 Å². The maximum absolute atomic E-state index is 13.9. The standard InChI is InChI=1S/C32H39N5O5/c1-32(2)13-15-37(31(42)25-16-21-10-6-7-11-23(21)35-25)26(18-32)29(40)36-24(17-22-12-14-33-28(22)39)27(38)30(41)34-19-20-8-4-3-5-9-20/h3-11,16,22,24,26-27,35,38H,12-15,17-19H2,1-2H3,(H,33,39)(H,34,41)(H,36,40)/t22-,24-,26-,27?/m0/s1. The minimum atomic E-state index is -1.58. The maximum atomic E-state index is 13.9. The number of H-pyrrole nitrogens is 1. The van der Waals surface area contributed by atoms with Crippen molar-refractivity contribution in [3.05, 3.63) is 71.9 Å². The molecule has 1 unspecified atom stereocenters. The number of benzene rings is 2. The molecule has 2 aromatic carbocycles. The second-order valence-corrected chi connectivity index (χ2v) is 12.2. The van der Waals surface area contributed by atoms with Crippen LogP contribution in [0.5, 0.6) is 0 Å². The van der Waals surface area contributed by atoms with Crippen LogP contribution in [0, 0.1) is 11.3 Å². The van der Waals surface area contributed by atoms with Gasteiger partial charge in [0.1, 0.15) is 11.7 Å². The molecule has 3 aromatic rings. The van der Waals surface area contributed by atoms with Crippen LogP contribution in [-0.2, 0) is 20.9 Å². The third-order valence-corrected chi connectivity index (χ3v) is 8.46. The first kappa shape index (κ1) is 29.3. The van der Waals surface area contributed by atoms with Crippen LogP contribution in [0.1, 0.15) is 55.6 Å². The van der Waals surface area contributed by atoms with Crippen LogP contribution < -0.4 is 16.0 Å². The minimum Gasteiger partial charge on any atom is -0.381 e. The number of likely N-dealkylation sites (tertiary alicyclic amines) is 1. The molecule has 0 spiro atoms. The van der Waals surface area contributed by atoms with Gasteiger partial charge in [0, 0.05) is 36.5 Å². The van der Waals surface area contributed by atoms with Gasteiger partial charge in [-0.05, 0) is 48.8 Å². The highest BCUT2D eigenvalue weighted by molar-refractivity contribution is 6.00. The summed E-state index contributed by atoms with van der Waals surface area (Å²) in [6.07, 6.45) is 0.200. The summed E-state index contributed by atoms with van der Waals surface area (Å²) in [7, 11) is 0. The predicted octanol–water partition coefficient (Wildman–Crippen LogP) is 2.49. The van der Waals surface area contributed by atoms with Gasteiger partial charge in [-0.3, -0.25) is 19.2 Å². The number of carbonyl (C=O) groups is 4. The molecule has 0 aliphatic carbocycles. The van der Waals surface area contributed by atoms with Crippen molar-refractivity contribution in [3.8, 4) is 0 Å². The lowest BCUT2D eigenvalue weighted by molar-refractivity contribution is -0.136. The Labute approximate surface area is 245 Å². The summed E-state index contributed by atoms with van der Waals surface area (Å²) in [5.74, 6) is -1.99. The van der Waals surface area contributed by atoms with Crippen molar-refractivity contribution in [2.75, 3.05) is 13.1 Å². The Bertz CT molecular complexity index is 1420. The number of piperidine rings is 1. The van der Waals surface area contributed by atoms with E-state index in [9.17, 15) is 24.3 Å².